The standard InChI is InChI=1S/C12H10Cl2O2/c1-8(3-2-4-12(15)16)9-5-6-10(13)11(14)7-9/h2-7H,1H3,(H,15,16)/b4-2+,8-3+. The molecule has 1 rings (SSSR count). The summed E-state index contributed by atoms with van der Waals surface area (Å²) < 4.78 is 0. The fourth-order valence-electron chi connectivity index (χ4n) is 1.11. The number of aliphatic carboxylic acids is 1. The number of carboxylic acid groups (broad SMARTS) is 1. The van der Waals surface area contributed by atoms with Crippen molar-refractivity contribution in [2.75, 3.05) is 0 Å². The third kappa shape index (κ3) is 3.72. The maximum atomic E-state index is 10.3. The Labute approximate surface area is 104 Å². The zero-order valence-electron chi connectivity index (χ0n) is 8.58. The van der Waals surface area contributed by atoms with E-state index in [4.69, 9.17) is 28.3 Å². The van der Waals surface area contributed by atoms with Gasteiger partial charge in [-0.05, 0) is 30.2 Å². The molecule has 0 bridgehead atoms. The third-order valence-electron chi connectivity index (χ3n) is 1.96. The van der Waals surface area contributed by atoms with Crippen molar-refractivity contribution in [1.82, 2.24) is 0 Å². The number of hydrogen-bond donors (Lipinski definition) is 1. The molecule has 0 aliphatic heterocycles. The zero-order chi connectivity index (χ0) is 12.1. The van der Waals surface area contributed by atoms with Gasteiger partial charge in [0.05, 0.1) is 10.0 Å². The molecule has 0 unspecified atom stereocenters. The van der Waals surface area contributed by atoms with E-state index in [1.54, 1.807) is 18.2 Å². The summed E-state index contributed by atoms with van der Waals surface area (Å²) in [4.78, 5) is 10.3. The highest BCUT2D eigenvalue weighted by molar-refractivity contribution is 6.42. The average Bonchev–Trinajstić information content (AvgIpc) is 2.21. The molecule has 0 saturated heterocycles. The second-order valence-electron chi connectivity index (χ2n) is 3.18. The summed E-state index contributed by atoms with van der Waals surface area (Å²) in [5.41, 5.74) is 1.82. The van der Waals surface area contributed by atoms with Crippen LogP contribution in [0.1, 0.15) is 12.5 Å². The summed E-state index contributed by atoms with van der Waals surface area (Å²) in [7, 11) is 0. The van der Waals surface area contributed by atoms with Gasteiger partial charge >= 0.3 is 5.97 Å². The first-order valence-electron chi connectivity index (χ1n) is 4.54. The third-order valence-corrected chi connectivity index (χ3v) is 2.70. The van der Waals surface area contributed by atoms with Crippen molar-refractivity contribution < 1.29 is 9.90 Å². The molecule has 0 fully saturated rings. The Morgan fingerprint density at radius 2 is 2.00 bits per heavy atom. The van der Waals surface area contributed by atoms with Crippen molar-refractivity contribution in [2.45, 2.75) is 6.92 Å². The number of carboxylic acids is 1. The minimum atomic E-state index is -0.974. The molecule has 0 radical (unpaired) electrons. The molecule has 4 heteroatoms. The summed E-state index contributed by atoms with van der Waals surface area (Å²) in [6, 6.07) is 5.27. The molecule has 0 heterocycles. The zero-order valence-corrected chi connectivity index (χ0v) is 10.1. The van der Waals surface area contributed by atoms with E-state index >= 15 is 0 Å². The molecular formula is C12H10Cl2O2. The van der Waals surface area contributed by atoms with Gasteiger partial charge in [0.15, 0.2) is 0 Å². The minimum Gasteiger partial charge on any atom is -0.478 e. The van der Waals surface area contributed by atoms with Crippen LogP contribution >= 0.6 is 23.2 Å². The van der Waals surface area contributed by atoms with Crippen LogP contribution < -0.4 is 0 Å². The lowest BCUT2D eigenvalue weighted by molar-refractivity contribution is -0.131. The monoisotopic (exact) mass is 256 g/mol. The molecule has 2 nitrogen and oxygen atoms in total. The van der Waals surface area contributed by atoms with Gasteiger partial charge < -0.3 is 5.11 Å². The Balaban J connectivity index is 2.92. The smallest absolute Gasteiger partial charge is 0.328 e. The molecule has 0 aromatic heterocycles. The number of rotatable bonds is 3. The van der Waals surface area contributed by atoms with Crippen molar-refractivity contribution in [2.24, 2.45) is 0 Å². The van der Waals surface area contributed by atoms with E-state index in [0.717, 1.165) is 17.2 Å². The summed E-state index contributed by atoms with van der Waals surface area (Å²) in [6.45, 7) is 1.87. The van der Waals surface area contributed by atoms with Gasteiger partial charge in [0.25, 0.3) is 0 Å². The first kappa shape index (κ1) is 12.8. The van der Waals surface area contributed by atoms with Crippen LogP contribution in [0.4, 0.5) is 0 Å². The second kappa shape index (κ2) is 5.73. The summed E-state index contributed by atoms with van der Waals surface area (Å²) in [5.74, 6) is -0.974. The number of hydrogen-bond acceptors (Lipinski definition) is 1. The quantitative estimate of drug-likeness (QED) is 0.655. The van der Waals surface area contributed by atoms with Gasteiger partial charge in [0, 0.05) is 6.08 Å². The van der Waals surface area contributed by atoms with E-state index < -0.39 is 5.97 Å². The highest BCUT2D eigenvalue weighted by Crippen LogP contribution is 2.25. The van der Waals surface area contributed by atoms with Crippen molar-refractivity contribution in [3.63, 3.8) is 0 Å². The Kier molecular flexibility index (Phi) is 4.59. The lowest BCUT2D eigenvalue weighted by atomic mass is 10.1. The molecule has 84 valence electrons. The Hall–Kier alpha value is -1.25. The molecule has 0 amide bonds. The van der Waals surface area contributed by atoms with Crippen LogP contribution in [0.2, 0.25) is 10.0 Å². The SMILES string of the molecule is C/C(=C\C=C\C(=O)O)c1ccc(Cl)c(Cl)c1. The predicted molar refractivity (Wildman–Crippen MR) is 66.9 cm³/mol. The topological polar surface area (TPSA) is 37.3 Å². The minimum absolute atomic E-state index is 0.481. The van der Waals surface area contributed by atoms with Gasteiger partial charge in [-0.1, -0.05) is 41.4 Å². The van der Waals surface area contributed by atoms with Gasteiger partial charge in [0.1, 0.15) is 0 Å². The van der Waals surface area contributed by atoms with E-state index in [-0.39, 0.29) is 0 Å². The number of benzene rings is 1. The normalized spacial score (nSPS) is 12.1. The molecule has 1 aromatic rings. The number of carbonyl (C=O) groups is 1. The summed E-state index contributed by atoms with van der Waals surface area (Å²) in [6.07, 6.45) is 4.24. The molecule has 0 saturated carbocycles. The average molecular weight is 257 g/mol. The number of allylic oxidation sites excluding steroid dienone is 3. The Morgan fingerprint density at radius 3 is 2.56 bits per heavy atom. The molecular weight excluding hydrogens is 247 g/mol. The largest absolute Gasteiger partial charge is 0.478 e. The Morgan fingerprint density at radius 1 is 1.31 bits per heavy atom. The van der Waals surface area contributed by atoms with Gasteiger partial charge in [-0.3, -0.25) is 0 Å². The van der Waals surface area contributed by atoms with Crippen molar-refractivity contribution in [3.8, 4) is 0 Å². The van der Waals surface area contributed by atoms with Crippen LogP contribution in [0.5, 0.6) is 0 Å². The molecule has 0 aliphatic rings. The highest BCUT2D eigenvalue weighted by atomic mass is 35.5. The Bertz CT molecular complexity index is 462. The molecule has 1 N–H and O–H groups in total. The van der Waals surface area contributed by atoms with Crippen molar-refractivity contribution >= 4 is 34.7 Å². The molecule has 0 atom stereocenters. The molecule has 16 heavy (non-hydrogen) atoms. The first-order valence-corrected chi connectivity index (χ1v) is 5.29. The lowest BCUT2D eigenvalue weighted by Crippen LogP contribution is -1.85. The number of halogens is 2. The van der Waals surface area contributed by atoms with E-state index in [2.05, 4.69) is 0 Å². The molecule has 0 aliphatic carbocycles. The highest BCUT2D eigenvalue weighted by Gasteiger charge is 2.00. The predicted octanol–water partition coefficient (Wildman–Crippen LogP) is 4.04. The lowest BCUT2D eigenvalue weighted by Gasteiger charge is -2.02. The maximum absolute atomic E-state index is 10.3. The van der Waals surface area contributed by atoms with Crippen molar-refractivity contribution in [3.05, 3.63) is 52.0 Å². The van der Waals surface area contributed by atoms with E-state index in [0.29, 0.717) is 10.0 Å². The second-order valence-corrected chi connectivity index (χ2v) is 3.99. The fourth-order valence-corrected chi connectivity index (χ4v) is 1.41. The van der Waals surface area contributed by atoms with Crippen LogP contribution in [0.15, 0.2) is 36.4 Å². The molecule has 0 spiro atoms. The van der Waals surface area contributed by atoms with Crippen LogP contribution in [0.3, 0.4) is 0 Å². The summed E-state index contributed by atoms with van der Waals surface area (Å²) >= 11 is 11.7. The summed E-state index contributed by atoms with van der Waals surface area (Å²) in [5, 5.41) is 9.40. The maximum Gasteiger partial charge on any atom is 0.328 e. The van der Waals surface area contributed by atoms with E-state index in [9.17, 15) is 4.79 Å². The van der Waals surface area contributed by atoms with Crippen LogP contribution in [0, 0.1) is 0 Å². The van der Waals surface area contributed by atoms with Gasteiger partial charge in [-0.15, -0.1) is 0 Å². The van der Waals surface area contributed by atoms with Crippen LogP contribution in [-0.4, -0.2) is 11.1 Å². The van der Waals surface area contributed by atoms with E-state index in [1.165, 1.54) is 6.08 Å². The van der Waals surface area contributed by atoms with Crippen molar-refractivity contribution in [1.29, 1.82) is 0 Å². The van der Waals surface area contributed by atoms with Crippen LogP contribution in [0.25, 0.3) is 5.57 Å². The van der Waals surface area contributed by atoms with Crippen LogP contribution in [-0.2, 0) is 4.79 Å². The van der Waals surface area contributed by atoms with Gasteiger partial charge in [-0.25, -0.2) is 4.79 Å². The first-order chi connectivity index (χ1) is 7.50. The van der Waals surface area contributed by atoms with Gasteiger partial charge in [0.2, 0.25) is 0 Å². The van der Waals surface area contributed by atoms with E-state index in [1.807, 2.05) is 13.0 Å². The van der Waals surface area contributed by atoms with Gasteiger partial charge in [-0.2, -0.15) is 0 Å². The fraction of sp³-hybridized carbons (Fsp3) is 0.0833. The molecule has 1 aromatic carbocycles.